The molecule has 0 radical (unpaired) electrons. The molecule has 9 heteroatoms. The van der Waals surface area contributed by atoms with Crippen LogP contribution >= 0.6 is 11.3 Å². The third-order valence-electron chi connectivity index (χ3n) is 6.57. The number of nitrogens with one attached hydrogen (secondary N) is 1. The summed E-state index contributed by atoms with van der Waals surface area (Å²) in [7, 11) is 0. The van der Waals surface area contributed by atoms with Crippen molar-refractivity contribution in [2.24, 2.45) is 0 Å². The van der Waals surface area contributed by atoms with Gasteiger partial charge in [-0.2, -0.15) is 0 Å². The van der Waals surface area contributed by atoms with Crippen molar-refractivity contribution in [1.29, 1.82) is 0 Å². The number of anilines is 2. The van der Waals surface area contributed by atoms with Crippen molar-refractivity contribution >= 4 is 39.8 Å². The van der Waals surface area contributed by atoms with Crippen molar-refractivity contribution in [3.05, 3.63) is 76.0 Å². The minimum Gasteiger partial charge on any atom is -0.368 e. The third kappa shape index (κ3) is 4.81. The van der Waals surface area contributed by atoms with Gasteiger partial charge in [0.15, 0.2) is 10.9 Å². The predicted molar refractivity (Wildman–Crippen MR) is 133 cm³/mol. The molecular weight excluding hydrogens is 467 g/mol. The molecule has 180 valence electrons. The number of nitrogens with zero attached hydrogens (tertiary/aromatic N) is 3. The standard InChI is InChI=1S/C26H25FN4O3S/c1-16(32)17-4-8-20(9-5-17)30-12-14-31(15-13-30)25(34)21-10-11-22-23(21)28-26(35-22)29-24(33)18-2-6-19(27)7-3-18/h2-9,21H,10-15H2,1H3,(H,28,29,33). The third-order valence-corrected chi connectivity index (χ3v) is 7.62. The van der Waals surface area contributed by atoms with Gasteiger partial charge in [0.1, 0.15) is 5.82 Å². The van der Waals surface area contributed by atoms with Crippen molar-refractivity contribution in [2.45, 2.75) is 25.7 Å². The summed E-state index contributed by atoms with van der Waals surface area (Å²) >= 11 is 1.40. The van der Waals surface area contributed by atoms with Gasteiger partial charge >= 0.3 is 0 Å². The number of ketones is 1. The van der Waals surface area contributed by atoms with Gasteiger partial charge < -0.3 is 9.80 Å². The molecular formula is C26H25FN4O3S. The molecule has 2 amide bonds. The fourth-order valence-corrected chi connectivity index (χ4v) is 5.64. The van der Waals surface area contributed by atoms with Crippen LogP contribution < -0.4 is 10.2 Å². The van der Waals surface area contributed by atoms with Crippen LogP contribution in [0.3, 0.4) is 0 Å². The molecule has 7 nitrogen and oxygen atoms in total. The molecule has 1 saturated heterocycles. The number of fused-ring (bicyclic) bond motifs is 1. The van der Waals surface area contributed by atoms with E-state index in [0.717, 1.165) is 42.2 Å². The number of piperazine rings is 1. The molecule has 1 fully saturated rings. The monoisotopic (exact) mass is 492 g/mol. The van der Waals surface area contributed by atoms with E-state index in [1.807, 2.05) is 29.2 Å². The summed E-state index contributed by atoms with van der Waals surface area (Å²) in [5.41, 5.74) is 2.85. The second-order valence-corrected chi connectivity index (χ2v) is 9.88. The van der Waals surface area contributed by atoms with Crippen LogP contribution in [-0.4, -0.2) is 53.7 Å². The van der Waals surface area contributed by atoms with E-state index in [9.17, 15) is 18.8 Å². The lowest BCUT2D eigenvalue weighted by Crippen LogP contribution is -2.50. The Morgan fingerprint density at radius 2 is 1.63 bits per heavy atom. The Labute approximate surface area is 206 Å². The Kier molecular flexibility index (Phi) is 6.34. The van der Waals surface area contributed by atoms with Gasteiger partial charge in [-0.25, -0.2) is 9.37 Å². The predicted octanol–water partition coefficient (Wildman–Crippen LogP) is 4.12. The van der Waals surface area contributed by atoms with Gasteiger partial charge in [0.05, 0.1) is 11.6 Å². The second kappa shape index (κ2) is 9.58. The first kappa shape index (κ1) is 23.2. The summed E-state index contributed by atoms with van der Waals surface area (Å²) < 4.78 is 13.1. The molecule has 0 spiro atoms. The Morgan fingerprint density at radius 3 is 2.29 bits per heavy atom. The van der Waals surface area contributed by atoms with Gasteiger partial charge in [0, 0.05) is 47.9 Å². The van der Waals surface area contributed by atoms with Crippen LogP contribution in [0.15, 0.2) is 48.5 Å². The largest absolute Gasteiger partial charge is 0.368 e. The number of hydrogen-bond donors (Lipinski definition) is 1. The smallest absolute Gasteiger partial charge is 0.257 e. The van der Waals surface area contributed by atoms with Gasteiger partial charge in [0.2, 0.25) is 5.91 Å². The number of aromatic nitrogens is 1. The zero-order valence-electron chi connectivity index (χ0n) is 19.3. The fourth-order valence-electron chi connectivity index (χ4n) is 4.60. The first-order valence-corrected chi connectivity index (χ1v) is 12.4. The molecule has 2 aliphatic rings. The number of halogens is 1. The van der Waals surface area contributed by atoms with Gasteiger partial charge in [-0.3, -0.25) is 19.7 Å². The molecule has 5 rings (SSSR count). The highest BCUT2D eigenvalue weighted by atomic mass is 32.1. The number of benzene rings is 2. The number of Topliss-reactive ketones (excluding diaryl/α,β-unsaturated/α-hetero) is 1. The summed E-state index contributed by atoms with van der Waals surface area (Å²) in [6.07, 6.45) is 1.49. The number of hydrogen-bond acceptors (Lipinski definition) is 6. The summed E-state index contributed by atoms with van der Waals surface area (Å²) in [6.45, 7) is 4.25. The molecule has 1 atom stereocenters. The molecule has 1 aromatic heterocycles. The highest BCUT2D eigenvalue weighted by Gasteiger charge is 2.36. The van der Waals surface area contributed by atoms with E-state index in [0.29, 0.717) is 29.3 Å². The summed E-state index contributed by atoms with van der Waals surface area (Å²) in [4.78, 5) is 47.0. The number of rotatable bonds is 5. The van der Waals surface area contributed by atoms with E-state index in [4.69, 9.17) is 0 Å². The number of carbonyl (C=O) groups excluding carboxylic acids is 3. The lowest BCUT2D eigenvalue weighted by molar-refractivity contribution is -0.133. The minimum atomic E-state index is -0.400. The average Bonchev–Trinajstić information content (AvgIpc) is 3.44. The summed E-state index contributed by atoms with van der Waals surface area (Å²) in [6, 6.07) is 12.9. The minimum absolute atomic E-state index is 0.0446. The lowest BCUT2D eigenvalue weighted by atomic mass is 10.0. The first-order chi connectivity index (χ1) is 16.9. The van der Waals surface area contributed by atoms with Crippen LogP contribution in [0.1, 0.15) is 50.5 Å². The van der Waals surface area contributed by atoms with Gasteiger partial charge in [-0.1, -0.05) is 0 Å². The van der Waals surface area contributed by atoms with Crippen molar-refractivity contribution < 1.29 is 18.8 Å². The maximum absolute atomic E-state index is 13.3. The zero-order chi connectivity index (χ0) is 24.5. The van der Waals surface area contributed by atoms with E-state index in [1.165, 1.54) is 35.6 Å². The number of amides is 2. The van der Waals surface area contributed by atoms with Crippen LogP contribution in [0.25, 0.3) is 0 Å². The molecule has 2 heterocycles. The van der Waals surface area contributed by atoms with Gasteiger partial charge in [-0.05, 0) is 68.3 Å². The maximum atomic E-state index is 13.3. The molecule has 3 aromatic rings. The first-order valence-electron chi connectivity index (χ1n) is 11.6. The topological polar surface area (TPSA) is 82.6 Å². The van der Waals surface area contributed by atoms with E-state index in [-0.39, 0.29) is 23.5 Å². The molecule has 35 heavy (non-hydrogen) atoms. The molecule has 2 aromatic carbocycles. The maximum Gasteiger partial charge on any atom is 0.257 e. The fraction of sp³-hybridized carbons (Fsp3) is 0.308. The van der Waals surface area contributed by atoms with Crippen LogP contribution in [0, 0.1) is 5.82 Å². The van der Waals surface area contributed by atoms with E-state index >= 15 is 0 Å². The highest BCUT2D eigenvalue weighted by molar-refractivity contribution is 7.16. The Balaban J connectivity index is 1.20. The van der Waals surface area contributed by atoms with E-state index in [2.05, 4.69) is 15.2 Å². The average molecular weight is 493 g/mol. The van der Waals surface area contributed by atoms with E-state index < -0.39 is 5.82 Å². The normalized spacial score (nSPS) is 17.3. The second-order valence-electron chi connectivity index (χ2n) is 8.80. The molecule has 0 bridgehead atoms. The molecule has 1 aliphatic heterocycles. The summed E-state index contributed by atoms with van der Waals surface area (Å²) in [5, 5.41) is 3.23. The van der Waals surface area contributed by atoms with Crippen LogP contribution in [0.5, 0.6) is 0 Å². The Bertz CT molecular complexity index is 1260. The van der Waals surface area contributed by atoms with E-state index in [1.54, 1.807) is 6.92 Å². The molecule has 1 unspecified atom stereocenters. The molecule has 1 N–H and O–H groups in total. The van der Waals surface area contributed by atoms with Crippen LogP contribution in [-0.2, 0) is 11.2 Å². The van der Waals surface area contributed by atoms with Crippen molar-refractivity contribution in [1.82, 2.24) is 9.88 Å². The van der Waals surface area contributed by atoms with Crippen LogP contribution in [0.2, 0.25) is 0 Å². The quantitative estimate of drug-likeness (QED) is 0.542. The SMILES string of the molecule is CC(=O)c1ccc(N2CCN(C(=O)C3CCc4sc(NC(=O)c5ccc(F)cc5)nc43)CC2)cc1. The van der Waals surface area contributed by atoms with Crippen molar-refractivity contribution in [2.75, 3.05) is 36.4 Å². The van der Waals surface area contributed by atoms with Crippen molar-refractivity contribution in [3.63, 3.8) is 0 Å². The number of aryl methyl sites for hydroxylation is 1. The zero-order valence-corrected chi connectivity index (χ0v) is 20.1. The number of thiazole rings is 1. The highest BCUT2D eigenvalue weighted by Crippen LogP contribution is 2.39. The lowest BCUT2D eigenvalue weighted by Gasteiger charge is -2.37. The van der Waals surface area contributed by atoms with Gasteiger partial charge in [-0.15, -0.1) is 11.3 Å². The number of carbonyl (C=O) groups is 3. The van der Waals surface area contributed by atoms with Crippen molar-refractivity contribution in [3.8, 4) is 0 Å². The van der Waals surface area contributed by atoms with Crippen LogP contribution in [0.4, 0.5) is 15.2 Å². The molecule has 1 aliphatic carbocycles. The Hall–Kier alpha value is -3.59. The molecule has 0 saturated carbocycles. The summed E-state index contributed by atoms with van der Waals surface area (Å²) in [5.74, 6) is -0.921. The Morgan fingerprint density at radius 1 is 0.971 bits per heavy atom. The van der Waals surface area contributed by atoms with Gasteiger partial charge in [0.25, 0.3) is 5.91 Å².